The standard InChI is InChI=1S/C6H8O6/c1-11-6(10)4(8)2-5(9)12-3-7/h3-4,8H,2H2,1H3. The molecule has 12 heavy (non-hydrogen) atoms. The molecule has 0 rings (SSSR count). The van der Waals surface area contributed by atoms with Crippen LogP contribution in [0.1, 0.15) is 6.42 Å². The molecule has 68 valence electrons. The lowest BCUT2D eigenvalue weighted by atomic mass is 10.2. The van der Waals surface area contributed by atoms with Crippen molar-refractivity contribution in [2.45, 2.75) is 12.5 Å². The molecule has 0 spiro atoms. The fourth-order valence-electron chi connectivity index (χ4n) is 0.479. The predicted molar refractivity (Wildman–Crippen MR) is 34.8 cm³/mol. The van der Waals surface area contributed by atoms with E-state index >= 15 is 0 Å². The number of hydrogen-bond donors (Lipinski definition) is 1. The topological polar surface area (TPSA) is 89.9 Å². The van der Waals surface area contributed by atoms with E-state index in [1.165, 1.54) is 0 Å². The molecule has 0 heterocycles. The molecule has 0 aromatic carbocycles. The Bertz CT molecular complexity index is 186. The van der Waals surface area contributed by atoms with Gasteiger partial charge in [0.1, 0.15) is 0 Å². The maximum absolute atomic E-state index is 10.5. The number of carbonyl (C=O) groups is 3. The molecule has 1 unspecified atom stereocenters. The van der Waals surface area contributed by atoms with Gasteiger partial charge in [-0.3, -0.25) is 9.59 Å². The zero-order chi connectivity index (χ0) is 9.56. The second-order valence-corrected chi connectivity index (χ2v) is 1.83. The van der Waals surface area contributed by atoms with Gasteiger partial charge in [0.25, 0.3) is 0 Å². The van der Waals surface area contributed by atoms with Gasteiger partial charge in [0.15, 0.2) is 6.10 Å². The van der Waals surface area contributed by atoms with E-state index in [2.05, 4.69) is 9.47 Å². The predicted octanol–water partition coefficient (Wildman–Crippen LogP) is -1.39. The van der Waals surface area contributed by atoms with E-state index in [-0.39, 0.29) is 6.47 Å². The second-order valence-electron chi connectivity index (χ2n) is 1.83. The molecule has 0 aliphatic heterocycles. The molecule has 0 saturated heterocycles. The minimum atomic E-state index is -1.58. The second kappa shape index (κ2) is 5.25. The van der Waals surface area contributed by atoms with Crippen molar-refractivity contribution in [3.63, 3.8) is 0 Å². The van der Waals surface area contributed by atoms with E-state index < -0.39 is 24.5 Å². The summed E-state index contributed by atoms with van der Waals surface area (Å²) < 4.78 is 7.93. The van der Waals surface area contributed by atoms with Crippen LogP contribution in [0.3, 0.4) is 0 Å². The van der Waals surface area contributed by atoms with Gasteiger partial charge in [-0.1, -0.05) is 0 Å². The van der Waals surface area contributed by atoms with Crippen molar-refractivity contribution in [1.29, 1.82) is 0 Å². The van der Waals surface area contributed by atoms with Crippen LogP contribution in [-0.2, 0) is 23.9 Å². The van der Waals surface area contributed by atoms with Crippen LogP contribution in [0, 0.1) is 0 Å². The highest BCUT2D eigenvalue weighted by Gasteiger charge is 2.19. The third-order valence-corrected chi connectivity index (χ3v) is 1.01. The van der Waals surface area contributed by atoms with Gasteiger partial charge < -0.3 is 14.6 Å². The third-order valence-electron chi connectivity index (χ3n) is 1.01. The molecule has 0 saturated carbocycles. The SMILES string of the molecule is COC(=O)C(O)CC(=O)OC=O. The van der Waals surface area contributed by atoms with Crippen LogP contribution in [-0.4, -0.2) is 36.7 Å². The average Bonchev–Trinajstić information content (AvgIpc) is 2.03. The Labute approximate surface area is 68.1 Å². The van der Waals surface area contributed by atoms with Gasteiger partial charge in [-0.25, -0.2) is 4.79 Å². The number of esters is 2. The van der Waals surface area contributed by atoms with Gasteiger partial charge in [-0.2, -0.15) is 0 Å². The molecule has 0 aromatic rings. The molecule has 6 nitrogen and oxygen atoms in total. The molecule has 0 radical (unpaired) electrons. The van der Waals surface area contributed by atoms with E-state index in [1.807, 2.05) is 0 Å². The first kappa shape index (κ1) is 10.6. The number of hydrogen-bond acceptors (Lipinski definition) is 6. The number of carbonyl (C=O) groups excluding carboxylic acids is 3. The molecular formula is C6H8O6. The highest BCUT2D eigenvalue weighted by atomic mass is 16.6. The largest absolute Gasteiger partial charge is 0.467 e. The molecule has 0 aliphatic rings. The Kier molecular flexibility index (Phi) is 4.62. The fraction of sp³-hybridized carbons (Fsp3) is 0.500. The summed E-state index contributed by atoms with van der Waals surface area (Å²) >= 11 is 0. The van der Waals surface area contributed by atoms with Gasteiger partial charge in [-0.05, 0) is 0 Å². The van der Waals surface area contributed by atoms with Gasteiger partial charge >= 0.3 is 18.4 Å². The molecule has 0 amide bonds. The van der Waals surface area contributed by atoms with Gasteiger partial charge in [0.05, 0.1) is 13.5 Å². The van der Waals surface area contributed by atoms with Crippen LogP contribution in [0.4, 0.5) is 0 Å². The summed E-state index contributed by atoms with van der Waals surface area (Å²) in [5.74, 6) is -1.93. The van der Waals surface area contributed by atoms with E-state index in [1.54, 1.807) is 0 Å². The summed E-state index contributed by atoms with van der Waals surface area (Å²) in [6.45, 7) is -0.0771. The molecule has 0 fully saturated rings. The van der Waals surface area contributed by atoms with Crippen molar-refractivity contribution in [3.8, 4) is 0 Å². The lowest BCUT2D eigenvalue weighted by Crippen LogP contribution is -2.25. The summed E-state index contributed by atoms with van der Waals surface area (Å²) in [5.41, 5.74) is 0. The van der Waals surface area contributed by atoms with Gasteiger partial charge in [-0.15, -0.1) is 0 Å². The third kappa shape index (κ3) is 3.67. The number of aliphatic hydroxyl groups excluding tert-OH is 1. The summed E-state index contributed by atoms with van der Waals surface area (Å²) in [4.78, 5) is 30.5. The number of aliphatic hydroxyl groups is 1. The van der Waals surface area contributed by atoms with Gasteiger partial charge in [0.2, 0.25) is 0 Å². The van der Waals surface area contributed by atoms with Crippen LogP contribution >= 0.6 is 0 Å². The van der Waals surface area contributed by atoms with Crippen LogP contribution in [0.2, 0.25) is 0 Å². The zero-order valence-electron chi connectivity index (χ0n) is 6.35. The smallest absolute Gasteiger partial charge is 0.335 e. The zero-order valence-corrected chi connectivity index (χ0v) is 6.35. The molecule has 6 heteroatoms. The van der Waals surface area contributed by atoms with Crippen molar-refractivity contribution < 1.29 is 29.0 Å². The Hall–Kier alpha value is -1.43. The molecule has 1 atom stereocenters. The first-order valence-corrected chi connectivity index (χ1v) is 3.00. The Morgan fingerprint density at radius 2 is 2.17 bits per heavy atom. The Balaban J connectivity index is 3.83. The van der Waals surface area contributed by atoms with Crippen molar-refractivity contribution in [2.24, 2.45) is 0 Å². The van der Waals surface area contributed by atoms with Crippen molar-refractivity contribution in [3.05, 3.63) is 0 Å². The van der Waals surface area contributed by atoms with Crippen LogP contribution in [0.25, 0.3) is 0 Å². The van der Waals surface area contributed by atoms with Crippen molar-refractivity contribution in [2.75, 3.05) is 7.11 Å². The van der Waals surface area contributed by atoms with E-state index in [4.69, 9.17) is 5.11 Å². The Morgan fingerprint density at radius 3 is 2.58 bits per heavy atom. The van der Waals surface area contributed by atoms with E-state index in [0.29, 0.717) is 0 Å². The van der Waals surface area contributed by atoms with Crippen LogP contribution < -0.4 is 0 Å². The van der Waals surface area contributed by atoms with Gasteiger partial charge in [0, 0.05) is 0 Å². The number of rotatable bonds is 4. The summed E-state index contributed by atoms with van der Waals surface area (Å²) in [7, 11) is 1.07. The molecule has 1 N–H and O–H groups in total. The molecule has 0 aromatic heterocycles. The molecule has 0 bridgehead atoms. The summed E-state index contributed by atoms with van der Waals surface area (Å²) in [6, 6.07) is 0. The van der Waals surface area contributed by atoms with E-state index in [9.17, 15) is 14.4 Å². The fourth-order valence-corrected chi connectivity index (χ4v) is 0.479. The highest BCUT2D eigenvalue weighted by Crippen LogP contribution is 1.95. The minimum Gasteiger partial charge on any atom is -0.467 e. The lowest BCUT2D eigenvalue weighted by molar-refractivity contribution is -0.160. The quantitative estimate of drug-likeness (QED) is 0.322. The summed E-state index contributed by atoms with van der Waals surface area (Å²) in [5, 5.41) is 8.82. The number of methoxy groups -OCH3 is 1. The van der Waals surface area contributed by atoms with Crippen LogP contribution in [0.5, 0.6) is 0 Å². The monoisotopic (exact) mass is 176 g/mol. The minimum absolute atomic E-state index is 0.0771. The molecular weight excluding hydrogens is 168 g/mol. The molecule has 0 aliphatic carbocycles. The van der Waals surface area contributed by atoms with E-state index in [0.717, 1.165) is 7.11 Å². The Morgan fingerprint density at radius 1 is 1.58 bits per heavy atom. The van der Waals surface area contributed by atoms with Crippen molar-refractivity contribution >= 4 is 18.4 Å². The maximum atomic E-state index is 10.5. The van der Waals surface area contributed by atoms with Crippen molar-refractivity contribution in [1.82, 2.24) is 0 Å². The summed E-state index contributed by atoms with van der Waals surface area (Å²) in [6.07, 6.45) is -2.17. The average molecular weight is 176 g/mol. The van der Waals surface area contributed by atoms with Crippen LogP contribution in [0.15, 0.2) is 0 Å². The first-order chi connectivity index (χ1) is 5.61. The number of ether oxygens (including phenoxy) is 2. The lowest BCUT2D eigenvalue weighted by Gasteiger charge is -2.04. The normalized spacial score (nSPS) is 11.5. The first-order valence-electron chi connectivity index (χ1n) is 3.00. The maximum Gasteiger partial charge on any atom is 0.335 e. The highest BCUT2D eigenvalue weighted by molar-refractivity contribution is 5.83.